The van der Waals surface area contributed by atoms with Crippen LogP contribution in [0.1, 0.15) is 31.7 Å². The van der Waals surface area contributed by atoms with E-state index in [0.29, 0.717) is 19.4 Å². The molecule has 1 atom stereocenters. The van der Waals surface area contributed by atoms with E-state index in [1.54, 1.807) is 4.90 Å². The Hall–Kier alpha value is -1.36. The first kappa shape index (κ1) is 15.0. The first-order valence-corrected chi connectivity index (χ1v) is 7.69. The number of hydrogen-bond donors (Lipinski definition) is 1. The molecule has 1 N–H and O–H groups in total. The maximum atomic E-state index is 12.6. The van der Waals surface area contributed by atoms with Gasteiger partial charge < -0.3 is 10.2 Å². The summed E-state index contributed by atoms with van der Waals surface area (Å²) in [5.41, 5.74) is 1.91. The fraction of sp³-hybridized carbons (Fsp3) is 0.467. The Morgan fingerprint density at radius 3 is 2.85 bits per heavy atom. The van der Waals surface area contributed by atoms with E-state index < -0.39 is 6.04 Å². The fourth-order valence-electron chi connectivity index (χ4n) is 2.44. The average Bonchev–Trinajstić information content (AvgIpc) is 2.54. The Balaban J connectivity index is 2.35. The third kappa shape index (κ3) is 3.20. The van der Waals surface area contributed by atoms with Crippen LogP contribution in [0, 0.1) is 6.92 Å². The van der Waals surface area contributed by atoms with Crippen LogP contribution in [0.3, 0.4) is 0 Å². The van der Waals surface area contributed by atoms with Gasteiger partial charge in [-0.3, -0.25) is 9.59 Å². The van der Waals surface area contributed by atoms with E-state index in [9.17, 15) is 9.59 Å². The SMILES string of the molecule is CCCC1NC(=O)CCN(c2cc(Br)ccc2C)C1=O. The van der Waals surface area contributed by atoms with Crippen LogP contribution in [0.5, 0.6) is 0 Å². The number of carbonyl (C=O) groups is 2. The maximum absolute atomic E-state index is 12.6. The second kappa shape index (κ2) is 6.39. The molecular formula is C15H19BrN2O2. The molecular weight excluding hydrogens is 320 g/mol. The van der Waals surface area contributed by atoms with Crippen molar-refractivity contribution >= 4 is 33.4 Å². The number of halogens is 1. The lowest BCUT2D eigenvalue weighted by molar-refractivity contribution is -0.125. The van der Waals surface area contributed by atoms with Gasteiger partial charge in [0.05, 0.1) is 0 Å². The van der Waals surface area contributed by atoms with Gasteiger partial charge in [0.1, 0.15) is 6.04 Å². The summed E-state index contributed by atoms with van der Waals surface area (Å²) in [5, 5.41) is 2.82. The van der Waals surface area contributed by atoms with Gasteiger partial charge in [-0.15, -0.1) is 0 Å². The molecule has 0 spiro atoms. The summed E-state index contributed by atoms with van der Waals surface area (Å²) in [6, 6.07) is 5.45. The Kier molecular flexibility index (Phi) is 4.81. The number of aryl methyl sites for hydroxylation is 1. The van der Waals surface area contributed by atoms with Gasteiger partial charge in [0.15, 0.2) is 0 Å². The minimum Gasteiger partial charge on any atom is -0.344 e. The molecule has 108 valence electrons. The number of benzene rings is 1. The first-order valence-electron chi connectivity index (χ1n) is 6.89. The number of nitrogens with one attached hydrogen (secondary N) is 1. The number of hydrogen-bond acceptors (Lipinski definition) is 2. The average molecular weight is 339 g/mol. The van der Waals surface area contributed by atoms with Gasteiger partial charge in [-0.2, -0.15) is 0 Å². The summed E-state index contributed by atoms with van der Waals surface area (Å²) in [4.78, 5) is 26.1. The Morgan fingerprint density at radius 1 is 1.40 bits per heavy atom. The van der Waals surface area contributed by atoms with Crippen LogP contribution < -0.4 is 10.2 Å². The van der Waals surface area contributed by atoms with Crippen LogP contribution in [0.4, 0.5) is 5.69 Å². The molecule has 1 saturated heterocycles. The third-order valence-electron chi connectivity index (χ3n) is 3.50. The van der Waals surface area contributed by atoms with Gasteiger partial charge in [0.2, 0.25) is 11.8 Å². The van der Waals surface area contributed by atoms with Crippen molar-refractivity contribution in [3.05, 3.63) is 28.2 Å². The van der Waals surface area contributed by atoms with Crippen molar-refractivity contribution in [3.8, 4) is 0 Å². The van der Waals surface area contributed by atoms with Crippen LogP contribution in [-0.4, -0.2) is 24.4 Å². The Morgan fingerprint density at radius 2 is 2.15 bits per heavy atom. The molecule has 1 unspecified atom stereocenters. The summed E-state index contributed by atoms with van der Waals surface area (Å²) in [7, 11) is 0. The number of nitrogens with zero attached hydrogens (tertiary/aromatic N) is 1. The Bertz CT molecular complexity index is 531. The fourth-order valence-corrected chi connectivity index (χ4v) is 2.79. The van der Waals surface area contributed by atoms with E-state index >= 15 is 0 Å². The molecule has 0 radical (unpaired) electrons. The van der Waals surface area contributed by atoms with Crippen molar-refractivity contribution < 1.29 is 9.59 Å². The molecule has 5 heteroatoms. The molecule has 1 fully saturated rings. The normalized spacial score (nSPS) is 19.8. The van der Waals surface area contributed by atoms with Crippen molar-refractivity contribution in [2.45, 2.75) is 39.2 Å². The molecule has 1 aromatic carbocycles. The van der Waals surface area contributed by atoms with Gasteiger partial charge in [0, 0.05) is 23.1 Å². The van der Waals surface area contributed by atoms with Gasteiger partial charge in [0.25, 0.3) is 0 Å². The first-order chi connectivity index (χ1) is 9.52. The lowest BCUT2D eigenvalue weighted by Crippen LogP contribution is -2.44. The highest BCUT2D eigenvalue weighted by Crippen LogP contribution is 2.26. The van der Waals surface area contributed by atoms with E-state index in [0.717, 1.165) is 22.1 Å². The summed E-state index contributed by atoms with van der Waals surface area (Å²) in [6.45, 7) is 4.42. The molecule has 0 aromatic heterocycles. The number of rotatable bonds is 3. The summed E-state index contributed by atoms with van der Waals surface area (Å²) in [6.07, 6.45) is 1.88. The van der Waals surface area contributed by atoms with E-state index in [4.69, 9.17) is 0 Å². The van der Waals surface area contributed by atoms with Crippen LogP contribution in [0.2, 0.25) is 0 Å². The van der Waals surface area contributed by atoms with Crippen LogP contribution in [-0.2, 0) is 9.59 Å². The zero-order chi connectivity index (χ0) is 14.7. The maximum Gasteiger partial charge on any atom is 0.249 e. The van der Waals surface area contributed by atoms with Crippen molar-refractivity contribution in [1.82, 2.24) is 5.32 Å². The highest BCUT2D eigenvalue weighted by molar-refractivity contribution is 9.10. The second-order valence-corrected chi connectivity index (χ2v) is 6.00. The lowest BCUT2D eigenvalue weighted by Gasteiger charge is -2.25. The predicted molar refractivity (Wildman–Crippen MR) is 82.7 cm³/mol. The number of amides is 2. The van der Waals surface area contributed by atoms with Gasteiger partial charge in [-0.25, -0.2) is 0 Å². The number of carbonyl (C=O) groups excluding carboxylic acids is 2. The number of anilines is 1. The van der Waals surface area contributed by atoms with Crippen LogP contribution >= 0.6 is 15.9 Å². The van der Waals surface area contributed by atoms with Crippen LogP contribution in [0.25, 0.3) is 0 Å². The monoisotopic (exact) mass is 338 g/mol. The van der Waals surface area contributed by atoms with E-state index in [2.05, 4.69) is 21.2 Å². The lowest BCUT2D eigenvalue weighted by atomic mass is 10.1. The van der Waals surface area contributed by atoms with E-state index in [-0.39, 0.29) is 11.8 Å². The standard InChI is InChI=1S/C15H19BrN2O2/c1-3-4-12-15(20)18(8-7-14(19)17-12)13-9-11(16)6-5-10(13)2/h5-6,9,12H,3-4,7-8H2,1-2H3,(H,17,19). The zero-order valence-electron chi connectivity index (χ0n) is 11.8. The summed E-state index contributed by atoms with van der Waals surface area (Å²) >= 11 is 3.44. The summed E-state index contributed by atoms with van der Waals surface area (Å²) < 4.78 is 0.932. The summed E-state index contributed by atoms with van der Waals surface area (Å²) in [5.74, 6) is -0.0640. The molecule has 0 aliphatic carbocycles. The van der Waals surface area contributed by atoms with Gasteiger partial charge in [-0.05, 0) is 31.0 Å². The molecule has 20 heavy (non-hydrogen) atoms. The largest absolute Gasteiger partial charge is 0.344 e. The van der Waals surface area contributed by atoms with Crippen molar-refractivity contribution in [1.29, 1.82) is 0 Å². The molecule has 2 rings (SSSR count). The van der Waals surface area contributed by atoms with Crippen LogP contribution in [0.15, 0.2) is 22.7 Å². The Labute approximate surface area is 127 Å². The van der Waals surface area contributed by atoms with Crippen molar-refractivity contribution in [2.24, 2.45) is 0 Å². The zero-order valence-corrected chi connectivity index (χ0v) is 13.4. The molecule has 1 aliphatic rings. The van der Waals surface area contributed by atoms with Gasteiger partial charge in [-0.1, -0.05) is 35.3 Å². The molecule has 1 aliphatic heterocycles. The molecule has 0 saturated carbocycles. The minimum absolute atomic E-state index is 0.0149. The van der Waals surface area contributed by atoms with Crippen molar-refractivity contribution in [2.75, 3.05) is 11.4 Å². The van der Waals surface area contributed by atoms with E-state index in [1.165, 1.54) is 0 Å². The predicted octanol–water partition coefficient (Wildman–Crippen LogP) is 2.78. The molecule has 1 heterocycles. The van der Waals surface area contributed by atoms with Crippen molar-refractivity contribution in [3.63, 3.8) is 0 Å². The van der Waals surface area contributed by atoms with Gasteiger partial charge >= 0.3 is 0 Å². The molecule has 1 aromatic rings. The second-order valence-electron chi connectivity index (χ2n) is 5.08. The highest BCUT2D eigenvalue weighted by atomic mass is 79.9. The molecule has 4 nitrogen and oxygen atoms in total. The molecule has 2 amide bonds. The topological polar surface area (TPSA) is 49.4 Å². The third-order valence-corrected chi connectivity index (χ3v) is 3.99. The quantitative estimate of drug-likeness (QED) is 0.921. The molecule has 0 bridgehead atoms. The van der Waals surface area contributed by atoms with E-state index in [1.807, 2.05) is 32.0 Å². The smallest absolute Gasteiger partial charge is 0.249 e. The highest BCUT2D eigenvalue weighted by Gasteiger charge is 2.30. The minimum atomic E-state index is -0.409.